The van der Waals surface area contributed by atoms with Gasteiger partial charge < -0.3 is 34.2 Å². The van der Waals surface area contributed by atoms with Gasteiger partial charge in [-0.05, 0) is 112 Å². The molecule has 0 bridgehead atoms. The van der Waals surface area contributed by atoms with Crippen molar-refractivity contribution < 1.29 is 47.6 Å². The first-order valence-corrected chi connectivity index (χ1v) is 19.4. The lowest BCUT2D eigenvalue weighted by molar-refractivity contribution is -0.154. The molecule has 0 heterocycles. The number of ether oxygens (including phenoxy) is 6. The van der Waals surface area contributed by atoms with Gasteiger partial charge in [-0.25, -0.2) is 9.59 Å². The highest BCUT2D eigenvalue weighted by atomic mass is 16.5. The van der Waals surface area contributed by atoms with Crippen LogP contribution in [0.15, 0.2) is 102 Å². The van der Waals surface area contributed by atoms with Gasteiger partial charge in [-0.15, -0.1) is 0 Å². The highest BCUT2D eigenvalue weighted by Crippen LogP contribution is 2.26. The number of carbonyl (C=O) groups is 4. The van der Waals surface area contributed by atoms with Crippen LogP contribution in [0.25, 0.3) is 6.08 Å². The Balaban J connectivity index is 1.72. The maximum atomic E-state index is 12.7. The summed E-state index contributed by atoms with van der Waals surface area (Å²) < 4.78 is 32.3. The second kappa shape index (κ2) is 28.1. The van der Waals surface area contributed by atoms with Crippen LogP contribution >= 0.6 is 0 Å². The Labute approximate surface area is 332 Å². The quantitative estimate of drug-likeness (QED) is 0.0301. The van der Waals surface area contributed by atoms with E-state index in [2.05, 4.69) is 9.47 Å². The van der Waals surface area contributed by atoms with Crippen LogP contribution in [0.2, 0.25) is 0 Å². The van der Waals surface area contributed by atoms with Gasteiger partial charge in [0, 0.05) is 36.1 Å². The van der Waals surface area contributed by atoms with Gasteiger partial charge >= 0.3 is 23.9 Å². The molecule has 0 fully saturated rings. The molecular weight excluding hydrogens is 714 g/mol. The van der Waals surface area contributed by atoms with E-state index >= 15 is 0 Å². The van der Waals surface area contributed by atoms with Crippen LogP contribution in [-0.4, -0.2) is 64.5 Å². The van der Waals surface area contributed by atoms with Crippen LogP contribution in [0.4, 0.5) is 0 Å². The van der Waals surface area contributed by atoms with Crippen LogP contribution in [0, 0.1) is 5.41 Å². The van der Waals surface area contributed by atoms with Crippen molar-refractivity contribution in [2.75, 3.05) is 40.6 Å². The van der Waals surface area contributed by atoms with E-state index in [1.165, 1.54) is 26.4 Å². The number of nitrogens with two attached hydrogens (primary N) is 1. The molecule has 306 valence electrons. The van der Waals surface area contributed by atoms with E-state index in [-0.39, 0.29) is 25.2 Å². The molecule has 0 amide bonds. The summed E-state index contributed by atoms with van der Waals surface area (Å²) in [5.41, 5.74) is 7.96. The number of unbranched alkanes of at least 4 members (excludes halogenated alkanes) is 4. The number of methoxy groups -OCH3 is 2. The van der Waals surface area contributed by atoms with Crippen LogP contribution in [0.1, 0.15) is 96.5 Å². The molecule has 1 aliphatic carbocycles. The molecule has 56 heavy (non-hydrogen) atoms. The Hall–Kier alpha value is -5.32. The zero-order chi connectivity index (χ0) is 40.9. The van der Waals surface area contributed by atoms with Gasteiger partial charge in [-0.1, -0.05) is 56.4 Å². The third-order valence-corrected chi connectivity index (χ3v) is 8.64. The molecule has 0 aromatic heterocycles. The lowest BCUT2D eigenvalue weighted by atomic mass is 9.87. The van der Waals surface area contributed by atoms with Crippen LogP contribution < -0.4 is 10.5 Å². The number of rotatable bonds is 27. The number of allylic oxidation sites excluding steroid dienone is 9. The summed E-state index contributed by atoms with van der Waals surface area (Å²) in [5, 5.41) is 0. The van der Waals surface area contributed by atoms with Gasteiger partial charge in [0.25, 0.3) is 0 Å². The normalized spacial score (nSPS) is 14.2. The maximum absolute atomic E-state index is 12.7. The molecular formula is C45H61NO10. The summed E-state index contributed by atoms with van der Waals surface area (Å²) in [5.74, 6) is 0.0895. The molecule has 1 atom stereocenters. The SMILES string of the molecule is CC/C=C(N)\C=C/CCC(C)(COC(=O)CCCCCOC1=CC=C(/C=C/C(=O)OC)CC=C1)COC(=O)CCCCCOc1ccc(/C=C/C(=O)OC)cc1. The molecule has 2 N–H and O–H groups in total. The van der Waals surface area contributed by atoms with E-state index < -0.39 is 17.4 Å². The Morgan fingerprint density at radius 1 is 0.768 bits per heavy atom. The molecule has 0 aliphatic heterocycles. The highest BCUT2D eigenvalue weighted by Gasteiger charge is 2.28. The third-order valence-electron chi connectivity index (χ3n) is 8.64. The largest absolute Gasteiger partial charge is 0.494 e. The van der Waals surface area contributed by atoms with Crippen molar-refractivity contribution in [3.8, 4) is 5.75 Å². The van der Waals surface area contributed by atoms with Gasteiger partial charge in [0.2, 0.25) is 0 Å². The van der Waals surface area contributed by atoms with Crippen molar-refractivity contribution in [3.05, 3.63) is 108 Å². The lowest BCUT2D eigenvalue weighted by Crippen LogP contribution is -2.31. The minimum absolute atomic E-state index is 0.140. The van der Waals surface area contributed by atoms with Crippen molar-refractivity contribution in [2.24, 2.45) is 11.1 Å². The van der Waals surface area contributed by atoms with Crippen molar-refractivity contribution in [1.29, 1.82) is 0 Å². The smallest absolute Gasteiger partial charge is 0.330 e. The molecule has 11 heteroatoms. The Kier molecular flexibility index (Phi) is 23.5. The molecule has 2 rings (SSSR count). The van der Waals surface area contributed by atoms with E-state index in [0.717, 1.165) is 54.7 Å². The fraction of sp³-hybridized carbons (Fsp3) is 0.467. The predicted octanol–water partition coefficient (Wildman–Crippen LogP) is 8.57. The average molecular weight is 776 g/mol. The van der Waals surface area contributed by atoms with Crippen molar-refractivity contribution in [1.82, 2.24) is 0 Å². The fourth-order valence-corrected chi connectivity index (χ4v) is 5.27. The number of hydrogen-bond donors (Lipinski definition) is 1. The number of hydrogen-bond acceptors (Lipinski definition) is 11. The van der Waals surface area contributed by atoms with Crippen LogP contribution in [-0.2, 0) is 42.9 Å². The van der Waals surface area contributed by atoms with Crippen LogP contribution in [0.3, 0.4) is 0 Å². The second-order valence-corrected chi connectivity index (χ2v) is 13.7. The lowest BCUT2D eigenvalue weighted by Gasteiger charge is -2.28. The van der Waals surface area contributed by atoms with Crippen molar-refractivity contribution >= 4 is 30.0 Å². The van der Waals surface area contributed by atoms with E-state index in [0.29, 0.717) is 63.9 Å². The number of benzene rings is 1. The van der Waals surface area contributed by atoms with Gasteiger partial charge in [0.05, 0.1) is 40.6 Å². The average Bonchev–Trinajstić information content (AvgIpc) is 3.44. The summed E-state index contributed by atoms with van der Waals surface area (Å²) in [4.78, 5) is 47.9. The molecule has 0 spiro atoms. The molecule has 11 nitrogen and oxygen atoms in total. The molecule has 0 saturated heterocycles. The van der Waals surface area contributed by atoms with Gasteiger partial charge in [0.1, 0.15) is 11.5 Å². The number of carbonyl (C=O) groups excluding carboxylic acids is 4. The molecule has 0 radical (unpaired) electrons. The Bertz CT molecular complexity index is 1580. The van der Waals surface area contributed by atoms with E-state index in [4.69, 9.17) is 24.7 Å². The molecule has 0 saturated carbocycles. The molecule has 1 aromatic carbocycles. The van der Waals surface area contributed by atoms with Gasteiger partial charge in [-0.3, -0.25) is 9.59 Å². The number of esters is 4. The predicted molar refractivity (Wildman–Crippen MR) is 218 cm³/mol. The monoisotopic (exact) mass is 775 g/mol. The van der Waals surface area contributed by atoms with Crippen molar-refractivity contribution in [3.63, 3.8) is 0 Å². The summed E-state index contributed by atoms with van der Waals surface area (Å²) in [7, 11) is 2.68. The molecule has 1 unspecified atom stereocenters. The zero-order valence-electron chi connectivity index (χ0n) is 33.6. The zero-order valence-corrected chi connectivity index (χ0v) is 33.6. The highest BCUT2D eigenvalue weighted by molar-refractivity contribution is 5.86. The summed E-state index contributed by atoms with van der Waals surface area (Å²) in [6, 6.07) is 7.39. The molecule has 1 aliphatic rings. The third kappa shape index (κ3) is 22.2. The standard InChI is InChI=1S/C45H61NO10/c1-5-15-38(46)17-10-11-31-45(2,35-56-44(50)20-9-7-13-33-54-40-27-22-37(23-28-40)25-30-42(48)52-4)34-55-43(49)19-8-6-12-32-53-39-18-14-16-36(21-26-39)24-29-41(47)51-3/h10,14-15,17-18,21-30H,5-9,11-13,16,19-20,31-35,46H2,1-4H3/b17-10-,29-24+,30-25+,38-15+. The van der Waals surface area contributed by atoms with E-state index in [1.54, 1.807) is 12.2 Å². The van der Waals surface area contributed by atoms with E-state index in [9.17, 15) is 19.2 Å². The first-order chi connectivity index (χ1) is 27.1. The second-order valence-electron chi connectivity index (χ2n) is 13.7. The minimum atomic E-state index is -0.561. The van der Waals surface area contributed by atoms with Crippen molar-refractivity contribution in [2.45, 2.75) is 90.9 Å². The van der Waals surface area contributed by atoms with E-state index in [1.807, 2.05) is 80.6 Å². The first kappa shape index (κ1) is 46.8. The first-order valence-electron chi connectivity index (χ1n) is 19.4. The van der Waals surface area contributed by atoms with Gasteiger partial charge in [0.15, 0.2) is 0 Å². The fourth-order valence-electron chi connectivity index (χ4n) is 5.27. The maximum Gasteiger partial charge on any atom is 0.330 e. The van der Waals surface area contributed by atoms with Crippen LogP contribution in [0.5, 0.6) is 5.75 Å². The van der Waals surface area contributed by atoms with Gasteiger partial charge in [-0.2, -0.15) is 0 Å². The summed E-state index contributed by atoms with van der Waals surface area (Å²) in [6.45, 7) is 5.30. The topological polar surface area (TPSA) is 150 Å². The Morgan fingerprint density at radius 3 is 1.98 bits per heavy atom. The summed E-state index contributed by atoms with van der Waals surface area (Å²) in [6.07, 6.45) is 27.6. The minimum Gasteiger partial charge on any atom is -0.494 e. The Morgan fingerprint density at radius 2 is 1.38 bits per heavy atom. The summed E-state index contributed by atoms with van der Waals surface area (Å²) >= 11 is 0. The molecule has 1 aromatic rings.